The van der Waals surface area contributed by atoms with Crippen LogP contribution in [0.15, 0.2) is 71.3 Å². The number of pyridine rings is 1. The van der Waals surface area contributed by atoms with E-state index in [1.54, 1.807) is 18.3 Å². The van der Waals surface area contributed by atoms with Crippen molar-refractivity contribution in [2.45, 2.75) is 0 Å². The summed E-state index contributed by atoms with van der Waals surface area (Å²) in [5.41, 5.74) is 1.14. The van der Waals surface area contributed by atoms with Gasteiger partial charge in [-0.05, 0) is 48.5 Å². The predicted molar refractivity (Wildman–Crippen MR) is 121 cm³/mol. The van der Waals surface area contributed by atoms with Gasteiger partial charge in [0.05, 0.1) is 17.4 Å². The number of benzene rings is 2. The third-order valence-corrected chi connectivity index (χ3v) is 5.63. The van der Waals surface area contributed by atoms with Crippen LogP contribution in [-0.4, -0.2) is 47.9 Å². The van der Waals surface area contributed by atoms with Crippen molar-refractivity contribution in [1.29, 1.82) is 0 Å². The van der Waals surface area contributed by atoms with Crippen LogP contribution in [-0.2, 0) is 0 Å². The van der Waals surface area contributed by atoms with Gasteiger partial charge in [0, 0.05) is 36.2 Å². The number of anilines is 2. The number of halogens is 2. The molecule has 0 bridgehead atoms. The number of piperazine rings is 1. The first kappa shape index (κ1) is 21.0. The molecule has 8 heteroatoms. The fraction of sp³-hybridized carbons (Fsp3) is 0.174. The Morgan fingerprint density at radius 2 is 1.65 bits per heavy atom. The first-order valence-electron chi connectivity index (χ1n) is 9.83. The molecule has 1 saturated heterocycles. The fourth-order valence-corrected chi connectivity index (χ4v) is 3.67. The Balaban J connectivity index is 1.34. The molecule has 2 aromatic carbocycles. The smallest absolute Gasteiger partial charge is 0.258 e. The van der Waals surface area contributed by atoms with Gasteiger partial charge in [-0.25, -0.2) is 9.37 Å². The minimum Gasteiger partial charge on any atom is -0.353 e. The zero-order chi connectivity index (χ0) is 21.8. The van der Waals surface area contributed by atoms with Crippen LogP contribution in [0.2, 0.25) is 0 Å². The van der Waals surface area contributed by atoms with Gasteiger partial charge in [-0.3, -0.25) is 9.59 Å². The molecule has 4 rings (SSSR count). The van der Waals surface area contributed by atoms with E-state index >= 15 is 0 Å². The molecule has 6 nitrogen and oxygen atoms in total. The molecule has 1 aliphatic rings. The molecule has 1 aliphatic heterocycles. The number of rotatable bonds is 4. The second-order valence-electron chi connectivity index (χ2n) is 7.13. The predicted octanol–water partition coefficient (Wildman–Crippen LogP) is 4.20. The molecule has 0 aliphatic carbocycles. The number of amides is 2. The Kier molecular flexibility index (Phi) is 6.27. The SMILES string of the molecule is O=C(Nc1ccc(N2CCN(C(=O)c3ccc(Br)cc3)CC2)nc1)c1ccccc1F. The lowest BCUT2D eigenvalue weighted by Gasteiger charge is -2.35. The highest BCUT2D eigenvalue weighted by atomic mass is 79.9. The number of nitrogens with zero attached hydrogens (tertiary/aromatic N) is 3. The van der Waals surface area contributed by atoms with E-state index in [0.717, 1.165) is 10.3 Å². The maximum Gasteiger partial charge on any atom is 0.258 e. The molecule has 0 radical (unpaired) electrons. The Hall–Kier alpha value is -3.26. The van der Waals surface area contributed by atoms with Crippen LogP contribution in [0.1, 0.15) is 20.7 Å². The standard InChI is InChI=1S/C23H20BrFN4O2/c24-17-7-5-16(6-8-17)23(31)29-13-11-28(12-14-29)21-10-9-18(15-26-21)27-22(30)19-3-1-2-4-20(19)25/h1-10,15H,11-14H2,(H,27,30). The highest BCUT2D eigenvalue weighted by molar-refractivity contribution is 9.10. The molecule has 0 saturated carbocycles. The first-order valence-corrected chi connectivity index (χ1v) is 10.6. The second-order valence-corrected chi connectivity index (χ2v) is 8.04. The van der Waals surface area contributed by atoms with Crippen molar-refractivity contribution >= 4 is 39.2 Å². The molecule has 3 aromatic rings. The van der Waals surface area contributed by atoms with Crippen molar-refractivity contribution in [3.05, 3.63) is 88.3 Å². The Morgan fingerprint density at radius 1 is 0.935 bits per heavy atom. The Morgan fingerprint density at radius 3 is 2.29 bits per heavy atom. The summed E-state index contributed by atoms with van der Waals surface area (Å²) in [5.74, 6) is -0.307. The van der Waals surface area contributed by atoms with E-state index in [-0.39, 0.29) is 11.5 Å². The Bertz CT molecular complexity index is 1080. The zero-order valence-corrected chi connectivity index (χ0v) is 18.2. The van der Waals surface area contributed by atoms with Crippen molar-refractivity contribution in [2.24, 2.45) is 0 Å². The van der Waals surface area contributed by atoms with Crippen molar-refractivity contribution in [2.75, 3.05) is 36.4 Å². The number of hydrogen-bond donors (Lipinski definition) is 1. The zero-order valence-electron chi connectivity index (χ0n) is 16.6. The molecule has 1 aromatic heterocycles. The molecule has 1 N–H and O–H groups in total. The minimum atomic E-state index is -0.569. The van der Waals surface area contributed by atoms with Gasteiger partial charge in [-0.15, -0.1) is 0 Å². The summed E-state index contributed by atoms with van der Waals surface area (Å²) >= 11 is 3.38. The van der Waals surface area contributed by atoms with Gasteiger partial charge in [0.1, 0.15) is 11.6 Å². The van der Waals surface area contributed by atoms with E-state index in [0.29, 0.717) is 37.4 Å². The summed E-state index contributed by atoms with van der Waals surface area (Å²) in [4.78, 5) is 33.2. The molecular formula is C23H20BrFN4O2. The van der Waals surface area contributed by atoms with Crippen LogP contribution in [0.5, 0.6) is 0 Å². The van der Waals surface area contributed by atoms with Gasteiger partial charge in [0.15, 0.2) is 0 Å². The largest absolute Gasteiger partial charge is 0.353 e. The van der Waals surface area contributed by atoms with Crippen molar-refractivity contribution < 1.29 is 14.0 Å². The van der Waals surface area contributed by atoms with E-state index in [1.807, 2.05) is 35.2 Å². The lowest BCUT2D eigenvalue weighted by molar-refractivity contribution is 0.0746. The van der Waals surface area contributed by atoms with Crippen molar-refractivity contribution in [3.63, 3.8) is 0 Å². The summed E-state index contributed by atoms with van der Waals surface area (Å²) in [6, 6.07) is 16.7. The third kappa shape index (κ3) is 4.91. The number of carbonyl (C=O) groups is 2. The van der Waals surface area contributed by atoms with Crippen LogP contribution in [0.4, 0.5) is 15.9 Å². The number of hydrogen-bond acceptors (Lipinski definition) is 4. The van der Waals surface area contributed by atoms with E-state index in [1.165, 1.54) is 18.2 Å². The highest BCUT2D eigenvalue weighted by Gasteiger charge is 2.23. The van der Waals surface area contributed by atoms with Crippen LogP contribution >= 0.6 is 15.9 Å². The number of nitrogens with one attached hydrogen (secondary N) is 1. The highest BCUT2D eigenvalue weighted by Crippen LogP contribution is 2.19. The molecule has 0 atom stereocenters. The topological polar surface area (TPSA) is 65.5 Å². The van der Waals surface area contributed by atoms with Gasteiger partial charge in [-0.2, -0.15) is 0 Å². The minimum absolute atomic E-state index is 0.0156. The van der Waals surface area contributed by atoms with Gasteiger partial charge >= 0.3 is 0 Å². The lowest BCUT2D eigenvalue weighted by Crippen LogP contribution is -2.49. The summed E-state index contributed by atoms with van der Waals surface area (Å²) < 4.78 is 14.7. The third-order valence-electron chi connectivity index (χ3n) is 5.11. The fourth-order valence-electron chi connectivity index (χ4n) is 3.40. The normalized spacial score (nSPS) is 13.7. The van der Waals surface area contributed by atoms with Gasteiger partial charge < -0.3 is 15.1 Å². The molecular weight excluding hydrogens is 463 g/mol. The van der Waals surface area contributed by atoms with Gasteiger partial charge in [0.25, 0.3) is 11.8 Å². The van der Waals surface area contributed by atoms with E-state index < -0.39 is 11.7 Å². The van der Waals surface area contributed by atoms with Gasteiger partial charge in [-0.1, -0.05) is 28.1 Å². The molecule has 2 amide bonds. The lowest BCUT2D eigenvalue weighted by atomic mass is 10.2. The average Bonchev–Trinajstić information content (AvgIpc) is 2.80. The monoisotopic (exact) mass is 482 g/mol. The summed E-state index contributed by atoms with van der Waals surface area (Å²) in [7, 11) is 0. The summed E-state index contributed by atoms with van der Waals surface area (Å²) in [6.07, 6.45) is 1.55. The van der Waals surface area contributed by atoms with Crippen LogP contribution < -0.4 is 10.2 Å². The van der Waals surface area contributed by atoms with E-state index in [4.69, 9.17) is 0 Å². The number of carbonyl (C=O) groups excluding carboxylic acids is 2. The number of aromatic nitrogens is 1. The maximum absolute atomic E-state index is 13.8. The molecule has 31 heavy (non-hydrogen) atoms. The van der Waals surface area contributed by atoms with E-state index in [9.17, 15) is 14.0 Å². The summed E-state index contributed by atoms with van der Waals surface area (Å²) in [6.45, 7) is 2.52. The molecule has 158 valence electrons. The first-order chi connectivity index (χ1) is 15.0. The maximum atomic E-state index is 13.8. The second kappa shape index (κ2) is 9.26. The van der Waals surface area contributed by atoms with Crippen LogP contribution in [0, 0.1) is 5.82 Å². The average molecular weight is 483 g/mol. The molecule has 2 heterocycles. The molecule has 0 unspecified atom stereocenters. The van der Waals surface area contributed by atoms with E-state index in [2.05, 4.69) is 31.1 Å². The Labute approximate surface area is 187 Å². The summed E-state index contributed by atoms with van der Waals surface area (Å²) in [5, 5.41) is 2.66. The van der Waals surface area contributed by atoms with Crippen molar-refractivity contribution in [3.8, 4) is 0 Å². The quantitative estimate of drug-likeness (QED) is 0.605. The van der Waals surface area contributed by atoms with Crippen molar-refractivity contribution in [1.82, 2.24) is 9.88 Å². The van der Waals surface area contributed by atoms with Crippen LogP contribution in [0.25, 0.3) is 0 Å². The van der Waals surface area contributed by atoms with Gasteiger partial charge in [0.2, 0.25) is 0 Å². The molecule has 1 fully saturated rings. The van der Waals surface area contributed by atoms with Crippen LogP contribution in [0.3, 0.4) is 0 Å². The molecule has 0 spiro atoms.